The minimum Gasteiger partial charge on any atom is -0.488 e. The first-order valence-electron chi connectivity index (χ1n) is 11.9. The van der Waals surface area contributed by atoms with Crippen LogP contribution in [-0.2, 0) is 16.9 Å². The minimum absolute atomic E-state index is 0.0139. The second-order valence-electron chi connectivity index (χ2n) is 9.49. The summed E-state index contributed by atoms with van der Waals surface area (Å²) in [5.74, 6) is -0.884. The molecule has 36 heavy (non-hydrogen) atoms. The van der Waals surface area contributed by atoms with E-state index in [-0.39, 0.29) is 29.3 Å². The van der Waals surface area contributed by atoms with E-state index in [9.17, 15) is 19.3 Å². The Kier molecular flexibility index (Phi) is 5.57. The molecule has 1 spiro atoms. The number of nitro groups is 1. The van der Waals surface area contributed by atoms with Crippen LogP contribution in [0.3, 0.4) is 0 Å². The zero-order valence-corrected chi connectivity index (χ0v) is 20.8. The Labute approximate surface area is 215 Å². The van der Waals surface area contributed by atoms with Gasteiger partial charge < -0.3 is 10.1 Å². The molecule has 2 saturated heterocycles. The Morgan fingerprint density at radius 1 is 1.17 bits per heavy atom. The highest BCUT2D eigenvalue weighted by molar-refractivity contribution is 9.10. The van der Waals surface area contributed by atoms with Gasteiger partial charge in [0.25, 0.3) is 11.9 Å². The molecule has 3 aliphatic heterocycles. The largest absolute Gasteiger partial charge is 0.488 e. The van der Waals surface area contributed by atoms with Crippen LogP contribution in [0, 0.1) is 15.9 Å². The highest BCUT2D eigenvalue weighted by Gasteiger charge is 2.73. The van der Waals surface area contributed by atoms with Crippen LogP contribution in [0.2, 0.25) is 0 Å². The van der Waals surface area contributed by atoms with E-state index < -0.39 is 17.5 Å². The molecule has 4 atom stereocenters. The molecule has 0 aliphatic carbocycles. The van der Waals surface area contributed by atoms with E-state index in [2.05, 4.69) is 21.2 Å². The molecule has 3 aromatic carbocycles. The molecule has 1 amide bonds. The van der Waals surface area contributed by atoms with E-state index in [4.69, 9.17) is 4.74 Å². The van der Waals surface area contributed by atoms with Gasteiger partial charge in [0.2, 0.25) is 0 Å². The Morgan fingerprint density at radius 2 is 1.94 bits per heavy atom. The first kappa shape index (κ1) is 23.1. The monoisotopic (exact) mass is 551 g/mol. The molecule has 6 rings (SSSR count). The summed E-state index contributed by atoms with van der Waals surface area (Å²) in [5, 5.41) is 15.8. The summed E-state index contributed by atoms with van der Waals surface area (Å²) >= 11 is 3.52. The number of halogens is 2. The summed E-state index contributed by atoms with van der Waals surface area (Å²) in [7, 11) is 0. The lowest BCUT2D eigenvalue weighted by Gasteiger charge is -2.32. The van der Waals surface area contributed by atoms with Crippen molar-refractivity contribution in [3.8, 4) is 5.75 Å². The second kappa shape index (κ2) is 8.67. The second-order valence-corrected chi connectivity index (χ2v) is 10.4. The fourth-order valence-corrected chi connectivity index (χ4v) is 6.81. The molecule has 1 N–H and O–H groups in total. The quantitative estimate of drug-likeness (QED) is 0.347. The number of para-hydroxylation sites is 1. The molecular weight excluding hydrogens is 529 g/mol. The molecule has 0 radical (unpaired) electrons. The normalized spacial score (nSPS) is 26.6. The fraction of sp³-hybridized carbons (Fsp3) is 0.296. The van der Waals surface area contributed by atoms with E-state index in [0.717, 1.165) is 17.3 Å². The number of rotatable bonds is 5. The van der Waals surface area contributed by atoms with Crippen LogP contribution in [0.25, 0.3) is 0 Å². The molecule has 9 heteroatoms. The van der Waals surface area contributed by atoms with Gasteiger partial charge in [-0.2, -0.15) is 0 Å². The van der Waals surface area contributed by atoms with Gasteiger partial charge in [0, 0.05) is 44.4 Å². The highest BCUT2D eigenvalue weighted by Crippen LogP contribution is 2.59. The lowest BCUT2D eigenvalue weighted by molar-refractivity contribution is -0.534. The summed E-state index contributed by atoms with van der Waals surface area (Å²) in [6, 6.07) is 17.6. The van der Waals surface area contributed by atoms with Crippen LogP contribution in [0.1, 0.15) is 35.4 Å². The van der Waals surface area contributed by atoms with E-state index in [0.29, 0.717) is 34.7 Å². The van der Waals surface area contributed by atoms with Crippen LogP contribution in [0.5, 0.6) is 5.75 Å². The third-order valence-electron chi connectivity index (χ3n) is 7.77. The molecule has 3 heterocycles. The topological polar surface area (TPSA) is 84.7 Å². The lowest BCUT2D eigenvalue weighted by Crippen LogP contribution is -2.55. The smallest absolute Gasteiger partial charge is 0.256 e. The number of hydrogen-bond acceptors (Lipinski definition) is 5. The number of ether oxygens (including phenoxy) is 1. The van der Waals surface area contributed by atoms with Gasteiger partial charge in [0.15, 0.2) is 5.54 Å². The number of hydrogen-bond donors (Lipinski definition) is 1. The maximum Gasteiger partial charge on any atom is 0.256 e. The van der Waals surface area contributed by atoms with Crippen LogP contribution in [0.15, 0.2) is 71.2 Å². The number of fused-ring (bicyclic) bond motifs is 4. The number of benzene rings is 3. The molecule has 3 aromatic rings. The van der Waals surface area contributed by atoms with E-state index >= 15 is 0 Å². The first-order chi connectivity index (χ1) is 17.4. The molecular formula is C27H23BrFN3O4. The number of anilines is 1. The molecule has 7 nitrogen and oxygen atoms in total. The van der Waals surface area contributed by atoms with Crippen LogP contribution < -0.4 is 10.1 Å². The SMILES string of the molecule is O=C1Nc2ccccc2[C@]12[C@H]([N+](=O)[O-])[C@@H](c1cc(Br)ccc1OCc1ccccc1F)[C@@H]1CCCN12. The van der Waals surface area contributed by atoms with Gasteiger partial charge in [-0.05, 0) is 43.2 Å². The van der Waals surface area contributed by atoms with Crippen molar-refractivity contribution in [2.45, 2.75) is 43.0 Å². The van der Waals surface area contributed by atoms with Crippen LogP contribution >= 0.6 is 15.9 Å². The zero-order valence-electron chi connectivity index (χ0n) is 19.2. The first-order valence-corrected chi connectivity index (χ1v) is 12.7. The third kappa shape index (κ3) is 3.29. The zero-order chi connectivity index (χ0) is 25.0. The molecule has 0 bridgehead atoms. The predicted molar refractivity (Wildman–Crippen MR) is 135 cm³/mol. The van der Waals surface area contributed by atoms with Gasteiger partial charge in [-0.15, -0.1) is 0 Å². The Hall–Kier alpha value is -3.30. The Morgan fingerprint density at radius 3 is 2.75 bits per heavy atom. The fourth-order valence-electron chi connectivity index (χ4n) is 6.43. The average Bonchev–Trinajstić information content (AvgIpc) is 3.52. The summed E-state index contributed by atoms with van der Waals surface area (Å²) in [6.45, 7) is 0.576. The highest BCUT2D eigenvalue weighted by atomic mass is 79.9. The number of amides is 1. The van der Waals surface area contributed by atoms with E-state index in [1.807, 2.05) is 29.2 Å². The van der Waals surface area contributed by atoms with Crippen molar-refractivity contribution in [1.29, 1.82) is 0 Å². The van der Waals surface area contributed by atoms with Crippen molar-refractivity contribution in [3.63, 3.8) is 0 Å². The van der Waals surface area contributed by atoms with Gasteiger partial charge in [-0.1, -0.05) is 52.3 Å². The van der Waals surface area contributed by atoms with Gasteiger partial charge in [-0.3, -0.25) is 19.8 Å². The molecule has 3 aliphatic rings. The average molecular weight is 552 g/mol. The summed E-state index contributed by atoms with van der Waals surface area (Å²) in [4.78, 5) is 28.2. The van der Waals surface area contributed by atoms with Crippen molar-refractivity contribution >= 4 is 27.5 Å². The Balaban J connectivity index is 1.49. The van der Waals surface area contributed by atoms with Crippen molar-refractivity contribution in [1.82, 2.24) is 4.90 Å². The van der Waals surface area contributed by atoms with Crippen molar-refractivity contribution in [3.05, 3.63) is 104 Å². The number of nitrogens with one attached hydrogen (secondary N) is 1. The van der Waals surface area contributed by atoms with Gasteiger partial charge >= 0.3 is 0 Å². The van der Waals surface area contributed by atoms with Crippen molar-refractivity contribution in [2.24, 2.45) is 0 Å². The van der Waals surface area contributed by atoms with Crippen molar-refractivity contribution in [2.75, 3.05) is 11.9 Å². The minimum atomic E-state index is -1.41. The van der Waals surface area contributed by atoms with Gasteiger partial charge in [0.05, 0.1) is 5.92 Å². The van der Waals surface area contributed by atoms with Crippen LogP contribution in [-0.4, -0.2) is 34.4 Å². The molecule has 0 saturated carbocycles. The van der Waals surface area contributed by atoms with Crippen molar-refractivity contribution < 1.29 is 18.8 Å². The number of carbonyl (C=O) groups excluding carboxylic acids is 1. The van der Waals surface area contributed by atoms with Gasteiger partial charge in [-0.25, -0.2) is 4.39 Å². The number of nitrogens with zero attached hydrogens (tertiary/aromatic N) is 2. The summed E-state index contributed by atoms with van der Waals surface area (Å²) in [5.41, 5.74) is 0.901. The summed E-state index contributed by atoms with van der Waals surface area (Å²) in [6.07, 6.45) is 1.56. The summed E-state index contributed by atoms with van der Waals surface area (Å²) < 4.78 is 21.1. The molecule has 0 aromatic heterocycles. The van der Waals surface area contributed by atoms with E-state index in [1.165, 1.54) is 6.07 Å². The lowest BCUT2D eigenvalue weighted by atomic mass is 9.77. The predicted octanol–water partition coefficient (Wildman–Crippen LogP) is 5.22. The van der Waals surface area contributed by atoms with Gasteiger partial charge in [0.1, 0.15) is 18.2 Å². The standard InChI is InChI=1S/C27H23BrFN3O4/c28-17-11-12-23(36-15-16-6-1-3-8-20(16)29)18(14-17)24-22-10-5-13-31(22)27(25(24)32(34)35)19-7-2-4-9-21(19)30-26(27)33/h1-4,6-9,11-12,14,22,24-25H,5,10,13,15H2,(H,30,33)/t22-,24-,25+,27-/m0/s1. The molecule has 2 fully saturated rings. The number of carbonyl (C=O) groups is 1. The maximum absolute atomic E-state index is 14.3. The molecule has 184 valence electrons. The van der Waals surface area contributed by atoms with Crippen LogP contribution in [0.4, 0.5) is 10.1 Å². The maximum atomic E-state index is 14.3. The molecule has 0 unspecified atom stereocenters. The Bertz CT molecular complexity index is 1380. The van der Waals surface area contributed by atoms with E-state index in [1.54, 1.807) is 36.4 Å². The third-order valence-corrected chi connectivity index (χ3v) is 8.26.